The predicted octanol–water partition coefficient (Wildman–Crippen LogP) is 4.68. The highest BCUT2D eigenvalue weighted by atomic mass is 16.5. The number of nitrogens with one attached hydrogen (secondary N) is 1. The van der Waals surface area contributed by atoms with Crippen molar-refractivity contribution < 1.29 is 4.74 Å². The van der Waals surface area contributed by atoms with Gasteiger partial charge < -0.3 is 10.1 Å². The molecule has 1 atom stereocenters. The molecule has 0 fully saturated rings. The van der Waals surface area contributed by atoms with Crippen LogP contribution in [0.3, 0.4) is 0 Å². The monoisotopic (exact) mass is 291 g/mol. The molecule has 0 saturated carbocycles. The quantitative estimate of drug-likeness (QED) is 0.676. The highest BCUT2D eigenvalue weighted by Crippen LogP contribution is 2.19. The topological polar surface area (TPSA) is 21.3 Å². The summed E-state index contributed by atoms with van der Waals surface area (Å²) in [6.45, 7) is 10.2. The summed E-state index contributed by atoms with van der Waals surface area (Å²) in [5.74, 6) is 2.47. The van der Waals surface area contributed by atoms with E-state index in [2.05, 4.69) is 57.3 Å². The number of hydrogen-bond donors (Lipinski definition) is 1. The molecule has 21 heavy (non-hydrogen) atoms. The standard InChI is InChI=1S/C19H33NO/c1-15(2)7-6-8-18(14-20-16(3)4)13-17-9-11-19(21-5)12-10-17/h9-12,15-16,18,20H,6-8,13-14H2,1-5H3. The lowest BCUT2D eigenvalue weighted by atomic mass is 9.92. The third-order valence-electron chi connectivity index (χ3n) is 3.89. The van der Waals surface area contributed by atoms with Crippen LogP contribution >= 0.6 is 0 Å². The zero-order chi connectivity index (χ0) is 15.7. The van der Waals surface area contributed by atoms with E-state index >= 15 is 0 Å². The van der Waals surface area contributed by atoms with Crippen molar-refractivity contribution in [3.8, 4) is 5.75 Å². The molecule has 0 aliphatic heterocycles. The minimum Gasteiger partial charge on any atom is -0.497 e. The number of ether oxygens (including phenoxy) is 1. The van der Waals surface area contributed by atoms with E-state index < -0.39 is 0 Å². The lowest BCUT2D eigenvalue weighted by molar-refractivity contribution is 0.392. The van der Waals surface area contributed by atoms with E-state index in [-0.39, 0.29) is 0 Å². The summed E-state index contributed by atoms with van der Waals surface area (Å²) in [4.78, 5) is 0. The van der Waals surface area contributed by atoms with Gasteiger partial charge in [0.05, 0.1) is 7.11 Å². The van der Waals surface area contributed by atoms with Crippen molar-refractivity contribution in [1.29, 1.82) is 0 Å². The molecule has 120 valence electrons. The summed E-state index contributed by atoms with van der Waals surface area (Å²) in [5, 5.41) is 3.60. The molecule has 0 aromatic heterocycles. The molecule has 0 bridgehead atoms. The highest BCUT2D eigenvalue weighted by Gasteiger charge is 2.11. The zero-order valence-electron chi connectivity index (χ0n) is 14.5. The zero-order valence-corrected chi connectivity index (χ0v) is 14.5. The molecule has 1 unspecified atom stereocenters. The molecule has 0 heterocycles. The molecule has 0 radical (unpaired) electrons. The average Bonchev–Trinajstić information content (AvgIpc) is 2.45. The molecule has 0 spiro atoms. The Morgan fingerprint density at radius 1 is 1.00 bits per heavy atom. The number of benzene rings is 1. The summed E-state index contributed by atoms with van der Waals surface area (Å²) in [5.41, 5.74) is 1.41. The number of hydrogen-bond acceptors (Lipinski definition) is 2. The molecular formula is C19H33NO. The molecule has 0 aliphatic carbocycles. The largest absolute Gasteiger partial charge is 0.497 e. The first-order valence-corrected chi connectivity index (χ1v) is 8.37. The maximum absolute atomic E-state index is 5.23. The van der Waals surface area contributed by atoms with Gasteiger partial charge in [0.15, 0.2) is 0 Å². The minimum absolute atomic E-state index is 0.563. The second-order valence-corrected chi connectivity index (χ2v) is 6.81. The molecular weight excluding hydrogens is 258 g/mol. The lowest BCUT2D eigenvalue weighted by Gasteiger charge is -2.20. The molecule has 0 aliphatic rings. The second kappa shape index (κ2) is 9.83. The molecule has 1 aromatic carbocycles. The minimum atomic E-state index is 0.563. The fourth-order valence-electron chi connectivity index (χ4n) is 2.59. The van der Waals surface area contributed by atoms with Crippen molar-refractivity contribution in [2.45, 2.75) is 59.4 Å². The van der Waals surface area contributed by atoms with Crippen LogP contribution in [0.4, 0.5) is 0 Å². The second-order valence-electron chi connectivity index (χ2n) is 6.81. The maximum Gasteiger partial charge on any atom is 0.118 e. The van der Waals surface area contributed by atoms with E-state index in [4.69, 9.17) is 4.74 Å². The van der Waals surface area contributed by atoms with Gasteiger partial charge in [-0.15, -0.1) is 0 Å². The van der Waals surface area contributed by atoms with Gasteiger partial charge in [0, 0.05) is 6.04 Å². The first kappa shape index (κ1) is 18.0. The van der Waals surface area contributed by atoms with Crippen LogP contribution in [-0.2, 0) is 6.42 Å². The summed E-state index contributed by atoms with van der Waals surface area (Å²) in [7, 11) is 1.72. The van der Waals surface area contributed by atoms with E-state index in [9.17, 15) is 0 Å². The van der Waals surface area contributed by atoms with Crippen molar-refractivity contribution >= 4 is 0 Å². The molecule has 1 rings (SSSR count). The van der Waals surface area contributed by atoms with Crippen LogP contribution in [0.2, 0.25) is 0 Å². The van der Waals surface area contributed by atoms with E-state index in [0.717, 1.165) is 30.6 Å². The van der Waals surface area contributed by atoms with Crippen LogP contribution in [0.15, 0.2) is 24.3 Å². The predicted molar refractivity (Wildman–Crippen MR) is 92.0 cm³/mol. The highest BCUT2D eigenvalue weighted by molar-refractivity contribution is 5.27. The van der Waals surface area contributed by atoms with Crippen molar-refractivity contribution in [2.75, 3.05) is 13.7 Å². The van der Waals surface area contributed by atoms with Crippen LogP contribution in [0.1, 0.15) is 52.5 Å². The van der Waals surface area contributed by atoms with Crippen LogP contribution in [-0.4, -0.2) is 19.7 Å². The molecule has 0 saturated heterocycles. The van der Waals surface area contributed by atoms with E-state index in [1.807, 2.05) is 0 Å². The van der Waals surface area contributed by atoms with Crippen molar-refractivity contribution in [3.63, 3.8) is 0 Å². The molecule has 0 amide bonds. The van der Waals surface area contributed by atoms with Crippen molar-refractivity contribution in [3.05, 3.63) is 29.8 Å². The summed E-state index contributed by atoms with van der Waals surface area (Å²) < 4.78 is 5.23. The summed E-state index contributed by atoms with van der Waals surface area (Å²) in [6, 6.07) is 9.09. The van der Waals surface area contributed by atoms with Gasteiger partial charge in [-0.05, 0) is 48.9 Å². The Hall–Kier alpha value is -1.02. The fourth-order valence-corrected chi connectivity index (χ4v) is 2.59. The molecule has 2 nitrogen and oxygen atoms in total. The van der Waals surface area contributed by atoms with Gasteiger partial charge in [0.1, 0.15) is 5.75 Å². The van der Waals surface area contributed by atoms with Gasteiger partial charge in [0.25, 0.3) is 0 Å². The van der Waals surface area contributed by atoms with Gasteiger partial charge in [-0.1, -0.05) is 52.7 Å². The van der Waals surface area contributed by atoms with Crippen LogP contribution in [0.5, 0.6) is 5.75 Å². The molecule has 1 aromatic rings. The van der Waals surface area contributed by atoms with Crippen LogP contribution in [0, 0.1) is 11.8 Å². The fraction of sp³-hybridized carbons (Fsp3) is 0.684. The van der Waals surface area contributed by atoms with E-state index in [1.54, 1.807) is 7.11 Å². The van der Waals surface area contributed by atoms with Gasteiger partial charge in [-0.2, -0.15) is 0 Å². The maximum atomic E-state index is 5.23. The van der Waals surface area contributed by atoms with Gasteiger partial charge in [-0.3, -0.25) is 0 Å². The van der Waals surface area contributed by atoms with Crippen LogP contribution in [0.25, 0.3) is 0 Å². The van der Waals surface area contributed by atoms with Crippen LogP contribution < -0.4 is 10.1 Å². The Labute approximate surface area is 131 Å². The molecule has 1 N–H and O–H groups in total. The third kappa shape index (κ3) is 8.11. The SMILES string of the molecule is COc1ccc(CC(CCCC(C)C)CNC(C)C)cc1. The Bertz CT molecular complexity index is 370. The average molecular weight is 291 g/mol. The van der Waals surface area contributed by atoms with Crippen molar-refractivity contribution in [2.24, 2.45) is 11.8 Å². The van der Waals surface area contributed by atoms with Crippen molar-refractivity contribution in [1.82, 2.24) is 5.32 Å². The normalized spacial score (nSPS) is 12.9. The Balaban J connectivity index is 2.52. The van der Waals surface area contributed by atoms with Gasteiger partial charge in [0.2, 0.25) is 0 Å². The Morgan fingerprint density at radius 3 is 2.19 bits per heavy atom. The summed E-state index contributed by atoms with van der Waals surface area (Å²) >= 11 is 0. The lowest BCUT2D eigenvalue weighted by Crippen LogP contribution is -2.30. The van der Waals surface area contributed by atoms with Gasteiger partial charge >= 0.3 is 0 Å². The van der Waals surface area contributed by atoms with Gasteiger partial charge in [-0.25, -0.2) is 0 Å². The van der Waals surface area contributed by atoms with E-state index in [0.29, 0.717) is 6.04 Å². The third-order valence-corrected chi connectivity index (χ3v) is 3.89. The summed E-state index contributed by atoms with van der Waals surface area (Å²) in [6.07, 6.45) is 5.13. The first-order chi connectivity index (χ1) is 10.0. The number of methoxy groups -OCH3 is 1. The Morgan fingerprint density at radius 2 is 1.67 bits per heavy atom. The molecule has 2 heteroatoms. The first-order valence-electron chi connectivity index (χ1n) is 8.37. The van der Waals surface area contributed by atoms with E-state index in [1.165, 1.54) is 24.8 Å². The smallest absolute Gasteiger partial charge is 0.118 e. The Kier molecular flexibility index (Phi) is 8.44. The number of rotatable bonds is 10.